The normalized spacial score (nSPS) is 13.2. The van der Waals surface area contributed by atoms with Crippen molar-refractivity contribution < 1.29 is 9.59 Å². The van der Waals surface area contributed by atoms with Gasteiger partial charge in [-0.3, -0.25) is 14.5 Å². The number of fused-ring (bicyclic) bond motifs is 2. The molecule has 0 fully saturated rings. The summed E-state index contributed by atoms with van der Waals surface area (Å²) >= 11 is 5.84. The molecule has 6 heteroatoms. The van der Waals surface area contributed by atoms with Crippen molar-refractivity contribution in [2.75, 3.05) is 16.1 Å². The number of para-hydroxylation sites is 2. The second-order valence-corrected chi connectivity index (χ2v) is 5.59. The van der Waals surface area contributed by atoms with Crippen molar-refractivity contribution in [1.29, 1.82) is 0 Å². The predicted octanol–water partition coefficient (Wildman–Crippen LogP) is 3.54. The maximum absolute atomic E-state index is 12.7. The minimum absolute atomic E-state index is 0.150. The number of amides is 2. The number of aryl methyl sites for hydroxylation is 2. The molecule has 0 saturated heterocycles. The SMILES string of the molecule is CCc1cn(CC)c2c1N(C(=O)CCl)c1ccccc1NC2=O. The monoisotopic (exact) mass is 331 g/mol. The molecule has 3 rings (SSSR count). The Morgan fingerprint density at radius 1 is 1.26 bits per heavy atom. The smallest absolute Gasteiger partial charge is 0.274 e. The number of hydrogen-bond acceptors (Lipinski definition) is 2. The van der Waals surface area contributed by atoms with Crippen LogP contribution in [-0.4, -0.2) is 22.3 Å². The molecule has 0 atom stereocenters. The van der Waals surface area contributed by atoms with Gasteiger partial charge in [-0.15, -0.1) is 11.6 Å². The molecule has 23 heavy (non-hydrogen) atoms. The number of anilines is 3. The van der Waals surface area contributed by atoms with Crippen LogP contribution in [0.5, 0.6) is 0 Å². The second kappa shape index (κ2) is 6.08. The van der Waals surface area contributed by atoms with Crippen LogP contribution in [0.25, 0.3) is 0 Å². The van der Waals surface area contributed by atoms with Crippen LogP contribution in [0, 0.1) is 0 Å². The fraction of sp³-hybridized carbons (Fsp3) is 0.294. The first kappa shape index (κ1) is 15.6. The molecule has 0 spiro atoms. The van der Waals surface area contributed by atoms with E-state index in [0.29, 0.717) is 29.3 Å². The van der Waals surface area contributed by atoms with Gasteiger partial charge in [-0.2, -0.15) is 0 Å². The highest BCUT2D eigenvalue weighted by molar-refractivity contribution is 6.31. The Labute approximate surface area is 139 Å². The number of aromatic nitrogens is 1. The van der Waals surface area contributed by atoms with Gasteiger partial charge in [0.15, 0.2) is 0 Å². The lowest BCUT2D eigenvalue weighted by Crippen LogP contribution is -2.28. The van der Waals surface area contributed by atoms with E-state index < -0.39 is 0 Å². The summed E-state index contributed by atoms with van der Waals surface area (Å²) in [6.45, 7) is 4.63. The predicted molar refractivity (Wildman–Crippen MR) is 91.7 cm³/mol. The number of hydrogen-bond donors (Lipinski definition) is 1. The third kappa shape index (κ3) is 2.41. The van der Waals surface area contributed by atoms with Gasteiger partial charge in [0.05, 0.1) is 17.1 Å². The Morgan fingerprint density at radius 3 is 2.65 bits per heavy atom. The topological polar surface area (TPSA) is 54.3 Å². The van der Waals surface area contributed by atoms with Crippen molar-refractivity contribution in [2.45, 2.75) is 26.8 Å². The molecule has 0 radical (unpaired) electrons. The van der Waals surface area contributed by atoms with Gasteiger partial charge in [0, 0.05) is 12.7 Å². The fourth-order valence-electron chi connectivity index (χ4n) is 2.99. The van der Waals surface area contributed by atoms with Crippen LogP contribution in [0.2, 0.25) is 0 Å². The Hall–Kier alpha value is -2.27. The van der Waals surface area contributed by atoms with Crippen LogP contribution in [0.3, 0.4) is 0 Å². The van der Waals surface area contributed by atoms with Crippen LogP contribution in [0.1, 0.15) is 29.9 Å². The van der Waals surface area contributed by atoms with Gasteiger partial charge >= 0.3 is 0 Å². The summed E-state index contributed by atoms with van der Waals surface area (Å²) in [5, 5.41) is 2.90. The summed E-state index contributed by atoms with van der Waals surface area (Å²) in [4.78, 5) is 26.9. The molecule has 1 aliphatic heterocycles. The summed E-state index contributed by atoms with van der Waals surface area (Å²) in [7, 11) is 0. The van der Waals surface area contributed by atoms with Crippen molar-refractivity contribution in [3.63, 3.8) is 0 Å². The maximum Gasteiger partial charge on any atom is 0.274 e. The first-order valence-corrected chi connectivity index (χ1v) is 8.17. The zero-order chi connectivity index (χ0) is 16.6. The number of nitrogens with one attached hydrogen (secondary N) is 1. The average molecular weight is 332 g/mol. The lowest BCUT2D eigenvalue weighted by Gasteiger charge is -2.23. The first-order chi connectivity index (χ1) is 11.1. The zero-order valence-corrected chi connectivity index (χ0v) is 13.9. The van der Waals surface area contributed by atoms with E-state index in [2.05, 4.69) is 5.32 Å². The lowest BCUT2D eigenvalue weighted by atomic mass is 10.1. The quantitative estimate of drug-likeness (QED) is 0.875. The molecule has 0 saturated carbocycles. The van der Waals surface area contributed by atoms with E-state index in [1.165, 1.54) is 0 Å². The Balaban J connectivity index is 2.35. The standard InChI is InChI=1S/C17H18ClN3O2/c1-3-11-10-20(4-2)16-15(11)21(14(22)9-18)13-8-6-5-7-12(13)19-17(16)23/h5-8,10H,3-4,9H2,1-2H3,(H,19,23). The molecule has 2 aromatic rings. The molecular formula is C17H18ClN3O2. The van der Waals surface area contributed by atoms with Crippen LogP contribution in [0.15, 0.2) is 30.5 Å². The molecule has 1 N–H and O–H groups in total. The van der Waals surface area contributed by atoms with Crippen molar-refractivity contribution in [3.8, 4) is 0 Å². The van der Waals surface area contributed by atoms with Crippen molar-refractivity contribution in [2.24, 2.45) is 0 Å². The molecule has 0 bridgehead atoms. The van der Waals surface area contributed by atoms with Gasteiger partial charge < -0.3 is 9.88 Å². The van der Waals surface area contributed by atoms with E-state index in [9.17, 15) is 9.59 Å². The maximum atomic E-state index is 12.7. The Bertz CT molecular complexity index is 782. The molecule has 0 unspecified atom stereocenters. The summed E-state index contributed by atoms with van der Waals surface area (Å²) in [5.74, 6) is -0.609. The van der Waals surface area contributed by atoms with E-state index >= 15 is 0 Å². The molecule has 2 heterocycles. The number of halogens is 1. The number of carbonyl (C=O) groups excluding carboxylic acids is 2. The highest BCUT2D eigenvalue weighted by Crippen LogP contribution is 2.41. The van der Waals surface area contributed by atoms with Crippen molar-refractivity contribution in [1.82, 2.24) is 4.57 Å². The minimum atomic E-state index is -0.250. The average Bonchev–Trinajstić information content (AvgIpc) is 2.88. The number of alkyl halides is 1. The summed E-state index contributed by atoms with van der Waals surface area (Å²) in [6, 6.07) is 7.27. The van der Waals surface area contributed by atoms with Crippen LogP contribution in [-0.2, 0) is 17.8 Å². The number of benzene rings is 1. The zero-order valence-electron chi connectivity index (χ0n) is 13.1. The summed E-state index contributed by atoms with van der Waals surface area (Å²) in [5.41, 5.74) is 3.35. The van der Waals surface area contributed by atoms with Crippen LogP contribution in [0.4, 0.5) is 17.1 Å². The number of carbonyl (C=O) groups is 2. The number of rotatable bonds is 3. The van der Waals surface area contributed by atoms with Crippen molar-refractivity contribution in [3.05, 3.63) is 41.7 Å². The molecular weight excluding hydrogens is 314 g/mol. The van der Waals surface area contributed by atoms with Crippen LogP contribution >= 0.6 is 11.6 Å². The number of nitrogens with zero attached hydrogens (tertiary/aromatic N) is 2. The molecule has 1 aromatic heterocycles. The van der Waals surface area contributed by atoms with Gasteiger partial charge in [0.25, 0.3) is 5.91 Å². The van der Waals surface area contributed by atoms with E-state index in [-0.39, 0.29) is 17.7 Å². The molecule has 120 valence electrons. The van der Waals surface area contributed by atoms with Crippen LogP contribution < -0.4 is 10.2 Å². The second-order valence-electron chi connectivity index (χ2n) is 5.33. The van der Waals surface area contributed by atoms with Gasteiger partial charge in [0.2, 0.25) is 5.91 Å². The van der Waals surface area contributed by atoms with Gasteiger partial charge in [-0.05, 0) is 31.0 Å². The molecule has 2 amide bonds. The van der Waals surface area contributed by atoms with E-state index in [0.717, 1.165) is 12.0 Å². The molecule has 0 aliphatic carbocycles. The van der Waals surface area contributed by atoms with Gasteiger partial charge in [-0.1, -0.05) is 19.1 Å². The third-order valence-corrected chi connectivity index (χ3v) is 4.27. The minimum Gasteiger partial charge on any atom is -0.342 e. The highest BCUT2D eigenvalue weighted by atomic mass is 35.5. The lowest BCUT2D eigenvalue weighted by molar-refractivity contribution is -0.115. The van der Waals surface area contributed by atoms with Crippen molar-refractivity contribution >= 4 is 40.5 Å². The van der Waals surface area contributed by atoms with Gasteiger partial charge in [0.1, 0.15) is 11.6 Å². The molecule has 1 aliphatic rings. The van der Waals surface area contributed by atoms with E-state index in [4.69, 9.17) is 11.6 Å². The summed E-state index contributed by atoms with van der Waals surface area (Å²) in [6.07, 6.45) is 2.66. The third-order valence-electron chi connectivity index (χ3n) is 4.04. The van der Waals surface area contributed by atoms with Gasteiger partial charge in [-0.25, -0.2) is 0 Å². The van der Waals surface area contributed by atoms with E-state index in [1.807, 2.05) is 42.8 Å². The largest absolute Gasteiger partial charge is 0.342 e. The first-order valence-electron chi connectivity index (χ1n) is 7.63. The Morgan fingerprint density at radius 2 is 2.00 bits per heavy atom. The summed E-state index contributed by atoms with van der Waals surface area (Å²) < 4.78 is 1.88. The molecule has 5 nitrogen and oxygen atoms in total. The fourth-order valence-corrected chi connectivity index (χ4v) is 3.11. The van der Waals surface area contributed by atoms with E-state index in [1.54, 1.807) is 11.0 Å². The Kier molecular flexibility index (Phi) is 4.13. The molecule has 1 aromatic carbocycles. The highest BCUT2D eigenvalue weighted by Gasteiger charge is 2.33.